The Morgan fingerprint density at radius 3 is 2.95 bits per heavy atom. The van der Waals surface area contributed by atoms with Crippen LogP contribution >= 0.6 is 12.2 Å². The monoisotopic (exact) mass is 277 g/mol. The van der Waals surface area contributed by atoms with Crippen LogP contribution in [0, 0.1) is 6.92 Å². The van der Waals surface area contributed by atoms with E-state index in [2.05, 4.69) is 25.5 Å². The number of thiocarbonyl (C=S) groups is 1. The van der Waals surface area contributed by atoms with Crippen LogP contribution in [0.3, 0.4) is 0 Å². The van der Waals surface area contributed by atoms with Gasteiger partial charge in [0, 0.05) is 12.2 Å². The summed E-state index contributed by atoms with van der Waals surface area (Å²) in [5.74, 6) is 1.30. The average molecular weight is 277 g/mol. The van der Waals surface area contributed by atoms with Gasteiger partial charge < -0.3 is 15.6 Å². The number of aromatic nitrogens is 5. The largest absolute Gasteiger partial charge is 0.388 e. The standard InChI is InChI=1S/C11H15N7S/c1-3-18-6-14-17-9(18)5-13-11-15-7(2)4-8(16-11)10(12)19/h4,6H,3,5H2,1-2H3,(H2,12,19)(H,13,15,16). The highest BCUT2D eigenvalue weighted by Crippen LogP contribution is 2.06. The molecular formula is C11H15N7S. The molecule has 0 amide bonds. The van der Waals surface area contributed by atoms with Crippen molar-refractivity contribution < 1.29 is 0 Å². The first-order valence-electron chi connectivity index (χ1n) is 5.86. The summed E-state index contributed by atoms with van der Waals surface area (Å²) in [7, 11) is 0. The van der Waals surface area contributed by atoms with E-state index in [4.69, 9.17) is 18.0 Å². The predicted molar refractivity (Wildman–Crippen MR) is 75.7 cm³/mol. The lowest BCUT2D eigenvalue weighted by Crippen LogP contribution is -2.15. The molecule has 8 heteroatoms. The van der Waals surface area contributed by atoms with Gasteiger partial charge in [0.05, 0.1) is 6.54 Å². The van der Waals surface area contributed by atoms with Crippen molar-refractivity contribution in [1.82, 2.24) is 24.7 Å². The van der Waals surface area contributed by atoms with E-state index in [0.717, 1.165) is 18.1 Å². The zero-order valence-corrected chi connectivity index (χ0v) is 11.6. The Labute approximate surface area is 116 Å². The van der Waals surface area contributed by atoms with Crippen LogP contribution in [0.4, 0.5) is 5.95 Å². The average Bonchev–Trinajstić information content (AvgIpc) is 2.83. The van der Waals surface area contributed by atoms with Crippen molar-refractivity contribution in [1.29, 1.82) is 0 Å². The fourth-order valence-electron chi connectivity index (χ4n) is 1.61. The van der Waals surface area contributed by atoms with Gasteiger partial charge in [-0.1, -0.05) is 12.2 Å². The van der Waals surface area contributed by atoms with Gasteiger partial charge in [0.15, 0.2) is 5.82 Å². The molecule has 0 aliphatic heterocycles. The van der Waals surface area contributed by atoms with Crippen LogP contribution in [0.1, 0.15) is 24.1 Å². The molecule has 2 aromatic heterocycles. The van der Waals surface area contributed by atoms with Crippen molar-refractivity contribution in [3.63, 3.8) is 0 Å². The summed E-state index contributed by atoms with van der Waals surface area (Å²) < 4.78 is 1.94. The first kappa shape index (κ1) is 13.3. The van der Waals surface area contributed by atoms with Gasteiger partial charge in [-0.3, -0.25) is 0 Å². The maximum Gasteiger partial charge on any atom is 0.223 e. The molecule has 0 saturated heterocycles. The SMILES string of the molecule is CCn1cnnc1CNc1nc(C)cc(C(N)=S)n1. The number of rotatable bonds is 5. The summed E-state index contributed by atoms with van der Waals surface area (Å²) in [6, 6.07) is 1.75. The zero-order valence-electron chi connectivity index (χ0n) is 10.8. The summed E-state index contributed by atoms with van der Waals surface area (Å²) in [5.41, 5.74) is 6.94. The van der Waals surface area contributed by atoms with Crippen molar-refractivity contribution in [2.45, 2.75) is 26.9 Å². The van der Waals surface area contributed by atoms with E-state index in [0.29, 0.717) is 18.2 Å². The van der Waals surface area contributed by atoms with E-state index in [1.165, 1.54) is 0 Å². The molecule has 0 fully saturated rings. The minimum absolute atomic E-state index is 0.255. The van der Waals surface area contributed by atoms with E-state index in [-0.39, 0.29) is 4.99 Å². The van der Waals surface area contributed by atoms with Crippen molar-refractivity contribution in [2.75, 3.05) is 5.32 Å². The highest BCUT2D eigenvalue weighted by atomic mass is 32.1. The molecule has 19 heavy (non-hydrogen) atoms. The molecule has 0 aliphatic carbocycles. The Morgan fingerprint density at radius 2 is 2.26 bits per heavy atom. The number of anilines is 1. The molecule has 2 rings (SSSR count). The maximum atomic E-state index is 5.57. The zero-order chi connectivity index (χ0) is 13.8. The Balaban J connectivity index is 2.13. The molecule has 7 nitrogen and oxygen atoms in total. The lowest BCUT2D eigenvalue weighted by molar-refractivity contribution is 0.706. The molecule has 0 saturated carbocycles. The van der Waals surface area contributed by atoms with E-state index < -0.39 is 0 Å². The third kappa shape index (κ3) is 3.22. The Kier molecular flexibility index (Phi) is 4.00. The minimum atomic E-state index is 0.255. The molecule has 2 aromatic rings. The summed E-state index contributed by atoms with van der Waals surface area (Å²) in [4.78, 5) is 8.77. The van der Waals surface area contributed by atoms with Crippen molar-refractivity contribution in [3.8, 4) is 0 Å². The van der Waals surface area contributed by atoms with Crippen molar-refractivity contribution >= 4 is 23.2 Å². The molecular weight excluding hydrogens is 262 g/mol. The lowest BCUT2D eigenvalue weighted by Gasteiger charge is -2.07. The highest BCUT2D eigenvalue weighted by Gasteiger charge is 2.06. The van der Waals surface area contributed by atoms with Gasteiger partial charge in [-0.2, -0.15) is 0 Å². The molecule has 0 aromatic carbocycles. The summed E-state index contributed by atoms with van der Waals surface area (Å²) in [6.07, 6.45) is 1.69. The topological polar surface area (TPSA) is 94.5 Å². The fraction of sp³-hybridized carbons (Fsp3) is 0.364. The van der Waals surface area contributed by atoms with Gasteiger partial charge in [-0.25, -0.2) is 9.97 Å². The molecule has 0 radical (unpaired) electrons. The van der Waals surface area contributed by atoms with E-state index in [1.807, 2.05) is 18.4 Å². The molecule has 3 N–H and O–H groups in total. The highest BCUT2D eigenvalue weighted by molar-refractivity contribution is 7.80. The van der Waals surface area contributed by atoms with Crippen LogP contribution in [0.25, 0.3) is 0 Å². The van der Waals surface area contributed by atoms with Gasteiger partial charge in [0.1, 0.15) is 17.0 Å². The minimum Gasteiger partial charge on any atom is -0.388 e. The van der Waals surface area contributed by atoms with Crippen LogP contribution < -0.4 is 11.1 Å². The molecule has 0 unspecified atom stereocenters. The molecule has 0 spiro atoms. The smallest absolute Gasteiger partial charge is 0.223 e. The number of hydrogen-bond donors (Lipinski definition) is 2. The lowest BCUT2D eigenvalue weighted by atomic mass is 10.3. The van der Waals surface area contributed by atoms with Crippen LogP contribution in [-0.2, 0) is 13.1 Å². The van der Waals surface area contributed by atoms with Crippen LogP contribution in [-0.4, -0.2) is 29.7 Å². The predicted octanol–water partition coefficient (Wildman–Crippen LogP) is 0.643. The second-order valence-corrected chi connectivity index (χ2v) is 4.41. The van der Waals surface area contributed by atoms with E-state index >= 15 is 0 Å². The summed E-state index contributed by atoms with van der Waals surface area (Å²) in [5, 5.41) is 11.0. The number of nitrogens with two attached hydrogens (primary N) is 1. The van der Waals surface area contributed by atoms with Gasteiger partial charge >= 0.3 is 0 Å². The first-order chi connectivity index (χ1) is 9.10. The summed E-state index contributed by atoms with van der Waals surface area (Å²) >= 11 is 4.92. The van der Waals surface area contributed by atoms with Crippen molar-refractivity contribution in [3.05, 3.63) is 29.6 Å². The Bertz CT molecular complexity index is 592. The molecule has 2 heterocycles. The van der Waals surface area contributed by atoms with Gasteiger partial charge in [-0.15, -0.1) is 10.2 Å². The number of nitrogens with one attached hydrogen (secondary N) is 1. The third-order valence-electron chi connectivity index (χ3n) is 2.55. The molecule has 100 valence electrons. The molecule has 0 bridgehead atoms. The van der Waals surface area contributed by atoms with Crippen LogP contribution in [0.2, 0.25) is 0 Å². The fourth-order valence-corrected chi connectivity index (χ4v) is 1.72. The number of nitrogens with zero attached hydrogens (tertiary/aromatic N) is 5. The van der Waals surface area contributed by atoms with E-state index in [1.54, 1.807) is 12.4 Å². The quantitative estimate of drug-likeness (QED) is 0.774. The Hall–Kier alpha value is -2.09. The second kappa shape index (κ2) is 5.70. The van der Waals surface area contributed by atoms with Gasteiger partial charge in [-0.05, 0) is 19.9 Å². The molecule has 0 aliphatic rings. The van der Waals surface area contributed by atoms with Gasteiger partial charge in [0.2, 0.25) is 5.95 Å². The summed E-state index contributed by atoms with van der Waals surface area (Å²) in [6.45, 7) is 5.20. The first-order valence-corrected chi connectivity index (χ1v) is 6.27. The third-order valence-corrected chi connectivity index (χ3v) is 2.76. The van der Waals surface area contributed by atoms with Crippen molar-refractivity contribution in [2.24, 2.45) is 5.73 Å². The van der Waals surface area contributed by atoms with Gasteiger partial charge in [0.25, 0.3) is 0 Å². The Morgan fingerprint density at radius 1 is 1.47 bits per heavy atom. The maximum absolute atomic E-state index is 5.57. The normalized spacial score (nSPS) is 10.4. The van der Waals surface area contributed by atoms with Crippen LogP contribution in [0.5, 0.6) is 0 Å². The second-order valence-electron chi connectivity index (χ2n) is 3.97. The number of hydrogen-bond acceptors (Lipinski definition) is 6. The van der Waals surface area contributed by atoms with E-state index in [9.17, 15) is 0 Å². The number of aryl methyl sites for hydroxylation is 2. The molecule has 0 atom stereocenters. The van der Waals surface area contributed by atoms with Crippen LogP contribution in [0.15, 0.2) is 12.4 Å².